The lowest BCUT2D eigenvalue weighted by molar-refractivity contribution is 0.141. The van der Waals surface area contributed by atoms with Crippen molar-refractivity contribution in [3.63, 3.8) is 0 Å². The van der Waals surface area contributed by atoms with Gasteiger partial charge in [-0.3, -0.25) is 4.90 Å². The van der Waals surface area contributed by atoms with Gasteiger partial charge in [-0.1, -0.05) is 0 Å². The summed E-state index contributed by atoms with van der Waals surface area (Å²) in [5.74, 6) is 0. The highest BCUT2D eigenvalue weighted by Crippen LogP contribution is 2.46. The van der Waals surface area contributed by atoms with E-state index in [2.05, 4.69) is 11.9 Å². The zero-order valence-corrected chi connectivity index (χ0v) is 7.21. The Labute approximate surface area is 68.2 Å². The third-order valence-electron chi connectivity index (χ3n) is 3.76. The fourth-order valence-corrected chi connectivity index (χ4v) is 2.90. The number of rotatable bonds is 2. The maximum atomic E-state index is 8.93. The van der Waals surface area contributed by atoms with Crippen LogP contribution in [0.5, 0.6) is 0 Å². The molecule has 0 saturated carbocycles. The van der Waals surface area contributed by atoms with Gasteiger partial charge in [0.1, 0.15) is 0 Å². The van der Waals surface area contributed by atoms with E-state index in [1.807, 2.05) is 0 Å². The van der Waals surface area contributed by atoms with Gasteiger partial charge in [-0.15, -0.1) is 0 Å². The first-order valence-corrected chi connectivity index (χ1v) is 4.62. The molecule has 0 aromatic carbocycles. The maximum absolute atomic E-state index is 8.93. The van der Waals surface area contributed by atoms with E-state index >= 15 is 0 Å². The van der Waals surface area contributed by atoms with E-state index in [4.69, 9.17) is 5.11 Å². The molecule has 2 saturated heterocycles. The fourth-order valence-electron chi connectivity index (χ4n) is 2.90. The van der Waals surface area contributed by atoms with Crippen molar-refractivity contribution in [2.24, 2.45) is 0 Å². The monoisotopic (exact) mass is 155 g/mol. The van der Waals surface area contributed by atoms with Gasteiger partial charge >= 0.3 is 0 Å². The molecular weight excluding hydrogens is 138 g/mol. The summed E-state index contributed by atoms with van der Waals surface area (Å²) >= 11 is 0. The summed E-state index contributed by atoms with van der Waals surface area (Å²) in [4.78, 5) is 2.50. The van der Waals surface area contributed by atoms with Crippen molar-refractivity contribution in [1.29, 1.82) is 0 Å². The average Bonchev–Trinajstić information content (AvgIpc) is 2.46. The molecule has 0 unspecified atom stereocenters. The normalized spacial score (nSPS) is 43.6. The molecule has 11 heavy (non-hydrogen) atoms. The summed E-state index contributed by atoms with van der Waals surface area (Å²) in [5.41, 5.74) is 0.402. The van der Waals surface area contributed by atoms with Crippen LogP contribution in [0.25, 0.3) is 0 Å². The molecule has 2 heterocycles. The second kappa shape index (κ2) is 2.46. The van der Waals surface area contributed by atoms with Crippen molar-refractivity contribution in [3.05, 3.63) is 0 Å². The third kappa shape index (κ3) is 0.926. The quantitative estimate of drug-likeness (QED) is 0.643. The van der Waals surface area contributed by atoms with E-state index in [0.29, 0.717) is 12.1 Å². The van der Waals surface area contributed by atoms with Gasteiger partial charge in [-0.2, -0.15) is 0 Å². The molecule has 0 aromatic rings. The van der Waals surface area contributed by atoms with Crippen molar-refractivity contribution in [1.82, 2.24) is 4.90 Å². The van der Waals surface area contributed by atoms with Gasteiger partial charge in [-0.25, -0.2) is 0 Å². The van der Waals surface area contributed by atoms with E-state index < -0.39 is 0 Å². The Morgan fingerprint density at radius 2 is 2.09 bits per heavy atom. The van der Waals surface area contributed by atoms with Crippen molar-refractivity contribution in [2.45, 2.75) is 43.7 Å². The van der Waals surface area contributed by atoms with Crippen LogP contribution in [0.2, 0.25) is 0 Å². The Bertz CT molecular complexity index is 150. The van der Waals surface area contributed by atoms with Crippen molar-refractivity contribution in [3.8, 4) is 0 Å². The SMILES string of the molecule is CN1C2CCC1(CCO)CC2. The number of aliphatic hydroxyl groups excluding tert-OH is 1. The minimum atomic E-state index is 0.358. The molecule has 2 fully saturated rings. The standard InChI is InChI=1S/C9H17NO/c1-10-8-2-4-9(10,5-3-8)6-7-11/h8,11H,2-7H2,1H3. The highest BCUT2D eigenvalue weighted by atomic mass is 16.3. The van der Waals surface area contributed by atoms with Gasteiger partial charge < -0.3 is 5.11 Å². The highest BCUT2D eigenvalue weighted by molar-refractivity contribution is 5.05. The van der Waals surface area contributed by atoms with E-state index in [1.165, 1.54) is 25.7 Å². The Morgan fingerprint density at radius 3 is 2.45 bits per heavy atom. The first kappa shape index (κ1) is 7.56. The maximum Gasteiger partial charge on any atom is 0.0448 e. The van der Waals surface area contributed by atoms with Gasteiger partial charge in [0.25, 0.3) is 0 Å². The van der Waals surface area contributed by atoms with E-state index in [0.717, 1.165) is 12.5 Å². The molecule has 2 rings (SSSR count). The van der Waals surface area contributed by atoms with Gasteiger partial charge in [0.2, 0.25) is 0 Å². The van der Waals surface area contributed by atoms with Crippen LogP contribution in [-0.2, 0) is 0 Å². The molecule has 1 N–H and O–H groups in total. The minimum absolute atomic E-state index is 0.358. The van der Waals surface area contributed by atoms with Crippen LogP contribution in [0.15, 0.2) is 0 Å². The van der Waals surface area contributed by atoms with Crippen LogP contribution in [0.3, 0.4) is 0 Å². The van der Waals surface area contributed by atoms with E-state index in [1.54, 1.807) is 0 Å². The van der Waals surface area contributed by atoms with Crippen LogP contribution in [0.1, 0.15) is 32.1 Å². The van der Waals surface area contributed by atoms with Gasteiger partial charge in [0, 0.05) is 18.2 Å². The summed E-state index contributed by atoms with van der Waals surface area (Å²) < 4.78 is 0. The largest absolute Gasteiger partial charge is 0.396 e. The smallest absolute Gasteiger partial charge is 0.0448 e. The molecule has 0 aliphatic carbocycles. The number of aliphatic hydroxyl groups is 1. The molecule has 2 aliphatic rings. The molecule has 64 valence electrons. The first-order chi connectivity index (χ1) is 5.28. The molecule has 0 atom stereocenters. The van der Waals surface area contributed by atoms with Crippen molar-refractivity contribution >= 4 is 0 Å². The summed E-state index contributed by atoms with van der Waals surface area (Å²) in [7, 11) is 2.22. The average molecular weight is 155 g/mol. The Hall–Kier alpha value is -0.0800. The molecule has 2 nitrogen and oxygen atoms in total. The van der Waals surface area contributed by atoms with Crippen LogP contribution in [-0.4, -0.2) is 35.2 Å². The Balaban J connectivity index is 2.11. The predicted molar refractivity (Wildman–Crippen MR) is 44.5 cm³/mol. The molecule has 2 aliphatic heterocycles. The van der Waals surface area contributed by atoms with Crippen LogP contribution >= 0.6 is 0 Å². The lowest BCUT2D eigenvalue weighted by Gasteiger charge is -2.31. The van der Waals surface area contributed by atoms with Crippen molar-refractivity contribution in [2.75, 3.05) is 13.7 Å². The lowest BCUT2D eigenvalue weighted by Crippen LogP contribution is -2.38. The number of fused-ring (bicyclic) bond motifs is 2. The predicted octanol–water partition coefficient (Wildman–Crippen LogP) is 0.996. The molecular formula is C9H17NO. The van der Waals surface area contributed by atoms with Gasteiger partial charge in [0.05, 0.1) is 0 Å². The zero-order chi connectivity index (χ0) is 7.90. The summed E-state index contributed by atoms with van der Waals surface area (Å²) in [6.07, 6.45) is 6.33. The second-order valence-electron chi connectivity index (χ2n) is 4.04. The highest BCUT2D eigenvalue weighted by Gasteiger charge is 2.48. The van der Waals surface area contributed by atoms with Crippen molar-refractivity contribution < 1.29 is 5.11 Å². The van der Waals surface area contributed by atoms with Gasteiger partial charge in [-0.05, 0) is 39.2 Å². The fraction of sp³-hybridized carbons (Fsp3) is 1.00. The first-order valence-electron chi connectivity index (χ1n) is 4.62. The summed E-state index contributed by atoms with van der Waals surface area (Å²) in [6, 6.07) is 0.835. The number of hydrogen-bond acceptors (Lipinski definition) is 2. The topological polar surface area (TPSA) is 23.5 Å². The summed E-state index contributed by atoms with van der Waals surface area (Å²) in [5, 5.41) is 8.93. The molecule has 0 spiro atoms. The molecule has 0 amide bonds. The van der Waals surface area contributed by atoms with Crippen LogP contribution < -0.4 is 0 Å². The molecule has 0 aromatic heterocycles. The second-order valence-corrected chi connectivity index (χ2v) is 4.04. The molecule has 2 bridgehead atoms. The minimum Gasteiger partial charge on any atom is -0.396 e. The van der Waals surface area contributed by atoms with Gasteiger partial charge in [0.15, 0.2) is 0 Å². The third-order valence-corrected chi connectivity index (χ3v) is 3.76. The number of nitrogens with zero attached hydrogens (tertiary/aromatic N) is 1. The summed E-state index contributed by atoms with van der Waals surface area (Å²) in [6.45, 7) is 0.358. The molecule has 2 heteroatoms. The molecule has 0 radical (unpaired) electrons. The Kier molecular flexibility index (Phi) is 1.69. The van der Waals surface area contributed by atoms with Crippen LogP contribution in [0, 0.1) is 0 Å². The number of hydrogen-bond donors (Lipinski definition) is 1. The van der Waals surface area contributed by atoms with E-state index in [-0.39, 0.29) is 0 Å². The van der Waals surface area contributed by atoms with Crippen LogP contribution in [0.4, 0.5) is 0 Å². The van der Waals surface area contributed by atoms with E-state index in [9.17, 15) is 0 Å². The zero-order valence-electron chi connectivity index (χ0n) is 7.21. The lowest BCUT2D eigenvalue weighted by atomic mass is 9.85. The Morgan fingerprint density at radius 1 is 1.45 bits per heavy atom.